The number of thiazole rings is 1. The van der Waals surface area contributed by atoms with Gasteiger partial charge in [-0.3, -0.25) is 0 Å². The molecule has 1 saturated heterocycles. The van der Waals surface area contributed by atoms with Gasteiger partial charge in [-0.1, -0.05) is 0 Å². The molecule has 84 valence electrons. The quantitative estimate of drug-likeness (QED) is 0.854. The average Bonchev–Trinajstić information content (AvgIpc) is 2.75. The maximum atomic E-state index is 4.67. The Bertz CT molecular complexity index is 335. The van der Waals surface area contributed by atoms with Gasteiger partial charge < -0.3 is 10.2 Å². The summed E-state index contributed by atoms with van der Waals surface area (Å²) in [5, 5.41) is 4.40. The Morgan fingerprint density at radius 3 is 3.00 bits per heavy atom. The molecule has 1 aromatic rings. The van der Waals surface area contributed by atoms with Crippen LogP contribution in [0.5, 0.6) is 0 Å². The molecule has 1 aliphatic rings. The number of hydrogen-bond acceptors (Lipinski definition) is 4. The molecule has 2 heterocycles. The van der Waals surface area contributed by atoms with Gasteiger partial charge in [0, 0.05) is 24.0 Å². The Balaban J connectivity index is 2.18. The van der Waals surface area contributed by atoms with Crippen LogP contribution in [0.25, 0.3) is 0 Å². The molecule has 0 aromatic carbocycles. The minimum Gasteiger partial charge on any atom is -0.345 e. The number of aromatic nitrogens is 1. The Kier molecular flexibility index (Phi) is 3.26. The van der Waals surface area contributed by atoms with E-state index in [1.165, 1.54) is 35.1 Å². The van der Waals surface area contributed by atoms with Crippen LogP contribution in [0.2, 0.25) is 0 Å². The van der Waals surface area contributed by atoms with E-state index < -0.39 is 0 Å². The summed E-state index contributed by atoms with van der Waals surface area (Å²) in [6, 6.07) is 0.665. The van der Waals surface area contributed by atoms with Crippen molar-refractivity contribution in [1.29, 1.82) is 0 Å². The SMILES string of the molecule is CNCc1sc(N2CCCC2C)nc1C. The molecule has 0 saturated carbocycles. The molecule has 1 aromatic heterocycles. The fraction of sp³-hybridized carbons (Fsp3) is 0.727. The van der Waals surface area contributed by atoms with Crippen molar-refractivity contribution in [3.8, 4) is 0 Å². The summed E-state index contributed by atoms with van der Waals surface area (Å²) in [6.45, 7) is 6.51. The lowest BCUT2D eigenvalue weighted by Crippen LogP contribution is -2.25. The van der Waals surface area contributed by atoms with E-state index in [1.54, 1.807) is 0 Å². The first-order valence-corrected chi connectivity index (χ1v) is 6.41. The monoisotopic (exact) mass is 225 g/mol. The molecule has 1 N–H and O–H groups in total. The number of nitrogens with zero attached hydrogens (tertiary/aromatic N) is 2. The van der Waals surface area contributed by atoms with E-state index in [0.717, 1.165) is 6.54 Å². The summed E-state index contributed by atoms with van der Waals surface area (Å²) in [7, 11) is 1.98. The summed E-state index contributed by atoms with van der Waals surface area (Å²) in [5.41, 5.74) is 1.18. The van der Waals surface area contributed by atoms with Gasteiger partial charge in [-0.05, 0) is 33.7 Å². The van der Waals surface area contributed by atoms with Gasteiger partial charge in [0.15, 0.2) is 5.13 Å². The van der Waals surface area contributed by atoms with Crippen molar-refractivity contribution in [3.63, 3.8) is 0 Å². The minimum absolute atomic E-state index is 0.665. The second-order valence-corrected chi connectivity index (χ2v) is 5.28. The summed E-state index contributed by atoms with van der Waals surface area (Å²) in [6.07, 6.45) is 2.61. The van der Waals surface area contributed by atoms with Gasteiger partial charge in [-0.25, -0.2) is 4.98 Å². The zero-order valence-electron chi connectivity index (χ0n) is 9.71. The van der Waals surface area contributed by atoms with E-state index in [-0.39, 0.29) is 0 Å². The van der Waals surface area contributed by atoms with E-state index in [4.69, 9.17) is 0 Å². The van der Waals surface area contributed by atoms with Crippen LogP contribution in [-0.4, -0.2) is 24.6 Å². The minimum atomic E-state index is 0.665. The van der Waals surface area contributed by atoms with Crippen molar-refractivity contribution >= 4 is 16.5 Å². The van der Waals surface area contributed by atoms with Crippen LogP contribution < -0.4 is 10.2 Å². The van der Waals surface area contributed by atoms with E-state index >= 15 is 0 Å². The van der Waals surface area contributed by atoms with Crippen LogP contribution in [0, 0.1) is 6.92 Å². The highest BCUT2D eigenvalue weighted by Crippen LogP contribution is 2.31. The van der Waals surface area contributed by atoms with Crippen LogP contribution in [0.4, 0.5) is 5.13 Å². The van der Waals surface area contributed by atoms with E-state index in [9.17, 15) is 0 Å². The van der Waals surface area contributed by atoms with Crippen LogP contribution in [0.1, 0.15) is 30.3 Å². The molecule has 15 heavy (non-hydrogen) atoms. The predicted molar refractivity (Wildman–Crippen MR) is 65.7 cm³/mol. The standard InChI is InChI=1S/C11H19N3S/c1-8-5-4-6-14(8)11-13-9(2)10(15-11)7-12-3/h8,12H,4-7H2,1-3H3. The molecular weight excluding hydrogens is 206 g/mol. The summed E-state index contributed by atoms with van der Waals surface area (Å²) in [4.78, 5) is 8.47. The Morgan fingerprint density at radius 2 is 2.40 bits per heavy atom. The van der Waals surface area contributed by atoms with Gasteiger partial charge in [0.2, 0.25) is 0 Å². The molecule has 0 spiro atoms. The maximum Gasteiger partial charge on any atom is 0.186 e. The lowest BCUT2D eigenvalue weighted by Gasteiger charge is -2.19. The first kappa shape index (κ1) is 10.9. The van der Waals surface area contributed by atoms with Crippen LogP contribution >= 0.6 is 11.3 Å². The molecule has 3 nitrogen and oxygen atoms in total. The highest BCUT2D eigenvalue weighted by atomic mass is 32.1. The van der Waals surface area contributed by atoms with Gasteiger partial charge in [-0.2, -0.15) is 0 Å². The van der Waals surface area contributed by atoms with Crippen molar-refractivity contribution in [2.24, 2.45) is 0 Å². The number of nitrogens with one attached hydrogen (secondary N) is 1. The normalized spacial score (nSPS) is 21.3. The van der Waals surface area contributed by atoms with Crippen LogP contribution in [0.15, 0.2) is 0 Å². The predicted octanol–water partition coefficient (Wildman–Crippen LogP) is 2.16. The maximum absolute atomic E-state index is 4.67. The molecule has 1 fully saturated rings. The summed E-state index contributed by atoms with van der Waals surface area (Å²) >= 11 is 1.84. The largest absolute Gasteiger partial charge is 0.345 e. The molecule has 2 rings (SSSR count). The molecule has 0 bridgehead atoms. The second-order valence-electron chi connectivity index (χ2n) is 4.22. The number of rotatable bonds is 3. The number of hydrogen-bond donors (Lipinski definition) is 1. The lowest BCUT2D eigenvalue weighted by atomic mass is 10.2. The molecule has 0 amide bonds. The van der Waals surface area contributed by atoms with Crippen molar-refractivity contribution in [2.45, 2.75) is 39.3 Å². The summed E-state index contributed by atoms with van der Waals surface area (Å²) in [5.74, 6) is 0. The second kappa shape index (κ2) is 4.49. The number of anilines is 1. The molecule has 4 heteroatoms. The highest BCUT2D eigenvalue weighted by Gasteiger charge is 2.23. The van der Waals surface area contributed by atoms with E-state index in [2.05, 4.69) is 29.0 Å². The van der Waals surface area contributed by atoms with Crippen molar-refractivity contribution < 1.29 is 0 Å². The van der Waals surface area contributed by atoms with Crippen molar-refractivity contribution in [3.05, 3.63) is 10.6 Å². The molecule has 1 aliphatic heterocycles. The lowest BCUT2D eigenvalue weighted by molar-refractivity contribution is 0.732. The van der Waals surface area contributed by atoms with Crippen LogP contribution in [0.3, 0.4) is 0 Å². The zero-order chi connectivity index (χ0) is 10.8. The third kappa shape index (κ3) is 2.16. The molecule has 0 radical (unpaired) electrons. The molecule has 0 aliphatic carbocycles. The first-order chi connectivity index (χ1) is 7.22. The molecule has 1 atom stereocenters. The molecular formula is C11H19N3S. The smallest absolute Gasteiger partial charge is 0.186 e. The fourth-order valence-corrected chi connectivity index (χ4v) is 3.28. The topological polar surface area (TPSA) is 28.2 Å². The Hall–Kier alpha value is -0.610. The van der Waals surface area contributed by atoms with Crippen molar-refractivity contribution in [1.82, 2.24) is 10.3 Å². The van der Waals surface area contributed by atoms with Gasteiger partial charge in [0.1, 0.15) is 0 Å². The Labute approximate surface area is 95.5 Å². The number of aryl methyl sites for hydroxylation is 1. The van der Waals surface area contributed by atoms with Gasteiger partial charge >= 0.3 is 0 Å². The van der Waals surface area contributed by atoms with Crippen molar-refractivity contribution in [2.75, 3.05) is 18.5 Å². The summed E-state index contributed by atoms with van der Waals surface area (Å²) < 4.78 is 0. The third-order valence-corrected chi connectivity index (χ3v) is 4.21. The zero-order valence-corrected chi connectivity index (χ0v) is 10.5. The first-order valence-electron chi connectivity index (χ1n) is 5.60. The molecule has 1 unspecified atom stereocenters. The Morgan fingerprint density at radius 1 is 1.60 bits per heavy atom. The van der Waals surface area contributed by atoms with Crippen LogP contribution in [-0.2, 0) is 6.54 Å². The fourth-order valence-electron chi connectivity index (χ4n) is 2.08. The van der Waals surface area contributed by atoms with E-state index in [0.29, 0.717) is 6.04 Å². The average molecular weight is 225 g/mol. The highest BCUT2D eigenvalue weighted by molar-refractivity contribution is 7.15. The van der Waals surface area contributed by atoms with Gasteiger partial charge in [-0.15, -0.1) is 11.3 Å². The third-order valence-electron chi connectivity index (χ3n) is 3.02. The van der Waals surface area contributed by atoms with Gasteiger partial charge in [0.25, 0.3) is 0 Å². The van der Waals surface area contributed by atoms with Gasteiger partial charge in [0.05, 0.1) is 5.69 Å². The van der Waals surface area contributed by atoms with E-state index in [1.807, 2.05) is 18.4 Å².